The van der Waals surface area contributed by atoms with Gasteiger partial charge in [0.05, 0.1) is 11.5 Å². The highest BCUT2D eigenvalue weighted by Gasteiger charge is 2.32. The Hall–Kier alpha value is -1.63. The number of hydrogen-bond donors (Lipinski definition) is 0. The molecule has 2 aliphatic rings. The molecule has 2 heterocycles. The van der Waals surface area contributed by atoms with Gasteiger partial charge in [0.25, 0.3) is 5.91 Å². The largest absolute Gasteiger partial charge is 0.371 e. The molecule has 2 rings (SSSR count). The second-order valence-electron chi connectivity index (χ2n) is 7.35. The molecule has 0 aromatic carbocycles. The second kappa shape index (κ2) is 8.84. The maximum Gasteiger partial charge on any atom is 0.266 e. The average molecular weight is 384 g/mol. The van der Waals surface area contributed by atoms with Crippen molar-refractivity contribution >= 4 is 15.7 Å². The minimum atomic E-state index is -3.04. The summed E-state index contributed by atoms with van der Waals surface area (Å²) in [6.45, 7) is 4.07. The van der Waals surface area contributed by atoms with Crippen molar-refractivity contribution in [3.05, 3.63) is 11.8 Å². The lowest BCUT2D eigenvalue weighted by Gasteiger charge is -2.33. The third kappa shape index (κ3) is 5.69. The van der Waals surface area contributed by atoms with E-state index in [1.807, 2.05) is 37.0 Å². The molecule has 0 saturated carbocycles. The zero-order chi connectivity index (χ0) is 19.3. The summed E-state index contributed by atoms with van der Waals surface area (Å²) in [7, 11) is 2.85. The molecule has 1 unspecified atom stereocenters. The third-order valence-electron chi connectivity index (χ3n) is 4.92. The number of amides is 1. The number of rotatable bonds is 6. The van der Waals surface area contributed by atoms with Gasteiger partial charge >= 0.3 is 0 Å². The first-order valence-corrected chi connectivity index (χ1v) is 10.7. The van der Waals surface area contributed by atoms with Gasteiger partial charge in [0.2, 0.25) is 0 Å². The van der Waals surface area contributed by atoms with Gasteiger partial charge in [-0.3, -0.25) is 4.79 Å². The first-order chi connectivity index (χ1) is 12.2. The molecule has 0 aromatic rings. The lowest BCUT2D eigenvalue weighted by atomic mass is 10.2. The van der Waals surface area contributed by atoms with Crippen molar-refractivity contribution in [3.63, 3.8) is 0 Å². The Labute approximate surface area is 156 Å². The van der Waals surface area contributed by atoms with Crippen molar-refractivity contribution < 1.29 is 13.2 Å². The van der Waals surface area contributed by atoms with Gasteiger partial charge in [-0.05, 0) is 27.6 Å². The molecule has 0 N–H and O–H groups in total. The van der Waals surface area contributed by atoms with E-state index in [1.54, 1.807) is 11.1 Å². The van der Waals surface area contributed by atoms with Crippen molar-refractivity contribution in [2.45, 2.75) is 12.5 Å². The smallest absolute Gasteiger partial charge is 0.266 e. The summed E-state index contributed by atoms with van der Waals surface area (Å²) < 4.78 is 23.7. The first kappa shape index (κ1) is 20.7. The molecule has 0 aromatic heterocycles. The molecule has 1 atom stereocenters. The lowest BCUT2D eigenvalue weighted by molar-refractivity contribution is -0.128. The van der Waals surface area contributed by atoms with E-state index >= 15 is 0 Å². The van der Waals surface area contributed by atoms with Crippen LogP contribution in [0.15, 0.2) is 11.8 Å². The zero-order valence-electron chi connectivity index (χ0n) is 15.9. The van der Waals surface area contributed by atoms with Crippen LogP contribution in [0.25, 0.3) is 0 Å². The molecule has 0 radical (unpaired) electrons. The maximum atomic E-state index is 12.7. The fourth-order valence-corrected chi connectivity index (χ4v) is 4.92. The van der Waals surface area contributed by atoms with Crippen molar-refractivity contribution in [1.29, 1.82) is 5.26 Å². The maximum absolute atomic E-state index is 12.7. The molecular weight excluding hydrogens is 354 g/mol. The van der Waals surface area contributed by atoms with Crippen molar-refractivity contribution in [1.82, 2.24) is 19.6 Å². The van der Waals surface area contributed by atoms with E-state index in [-0.39, 0.29) is 29.0 Å². The van der Waals surface area contributed by atoms with Crippen LogP contribution >= 0.6 is 0 Å². The number of nitrogens with zero attached hydrogens (tertiary/aromatic N) is 5. The molecule has 2 saturated heterocycles. The number of carbonyl (C=O) groups is 1. The minimum absolute atomic E-state index is 0.0811. The van der Waals surface area contributed by atoms with Crippen LogP contribution in [-0.4, -0.2) is 112 Å². The van der Waals surface area contributed by atoms with E-state index < -0.39 is 9.84 Å². The predicted molar refractivity (Wildman–Crippen MR) is 100 cm³/mol. The Morgan fingerprint density at radius 3 is 2.38 bits per heavy atom. The number of sulfone groups is 1. The van der Waals surface area contributed by atoms with Crippen molar-refractivity contribution in [2.24, 2.45) is 0 Å². The van der Waals surface area contributed by atoms with E-state index in [0.717, 1.165) is 13.1 Å². The Balaban J connectivity index is 2.16. The van der Waals surface area contributed by atoms with E-state index in [4.69, 9.17) is 0 Å². The van der Waals surface area contributed by atoms with Crippen LogP contribution in [-0.2, 0) is 14.6 Å². The van der Waals surface area contributed by atoms with Gasteiger partial charge in [0, 0.05) is 51.5 Å². The summed E-state index contributed by atoms with van der Waals surface area (Å²) in [6.07, 6.45) is 2.11. The van der Waals surface area contributed by atoms with E-state index in [1.165, 1.54) is 0 Å². The molecule has 2 fully saturated rings. The van der Waals surface area contributed by atoms with Crippen molar-refractivity contribution in [3.8, 4) is 6.07 Å². The SMILES string of the molecule is CN(C)CCN(/C=C(/C#N)C(=O)N1CCN(C)CC1)C1CCS(=O)(=O)C1. The van der Waals surface area contributed by atoms with Crippen LogP contribution in [0.5, 0.6) is 0 Å². The number of likely N-dealkylation sites (N-methyl/N-ethyl adjacent to an activating group) is 2. The lowest BCUT2D eigenvalue weighted by Crippen LogP contribution is -2.47. The van der Waals surface area contributed by atoms with Gasteiger partial charge in [-0.15, -0.1) is 0 Å². The minimum Gasteiger partial charge on any atom is -0.371 e. The predicted octanol–water partition coefficient (Wildman–Crippen LogP) is -0.781. The monoisotopic (exact) mass is 383 g/mol. The van der Waals surface area contributed by atoms with Gasteiger partial charge in [-0.25, -0.2) is 8.42 Å². The highest BCUT2D eigenvalue weighted by Crippen LogP contribution is 2.19. The van der Waals surface area contributed by atoms with E-state index in [9.17, 15) is 18.5 Å². The van der Waals surface area contributed by atoms with Crippen LogP contribution in [0.1, 0.15) is 6.42 Å². The summed E-state index contributed by atoms with van der Waals surface area (Å²) >= 11 is 0. The Kier molecular flexibility index (Phi) is 7.03. The number of piperazine rings is 1. The Morgan fingerprint density at radius 2 is 1.88 bits per heavy atom. The van der Waals surface area contributed by atoms with E-state index in [0.29, 0.717) is 32.6 Å². The van der Waals surface area contributed by atoms with Gasteiger partial charge in [-0.2, -0.15) is 5.26 Å². The Morgan fingerprint density at radius 1 is 1.23 bits per heavy atom. The fraction of sp³-hybridized carbons (Fsp3) is 0.765. The summed E-state index contributed by atoms with van der Waals surface area (Å²) in [4.78, 5) is 20.4. The van der Waals surface area contributed by atoms with Gasteiger partial charge in [0.15, 0.2) is 9.84 Å². The standard InChI is InChI=1S/C17H29N5O3S/c1-19(2)5-8-22(16-4-11-26(24,25)14-16)13-15(12-18)17(23)21-9-6-20(3)7-10-21/h13,16H,4-11,14H2,1-3H3/b15-13-. The first-order valence-electron chi connectivity index (χ1n) is 8.92. The molecule has 2 aliphatic heterocycles. The van der Waals surface area contributed by atoms with Crippen LogP contribution < -0.4 is 0 Å². The van der Waals surface area contributed by atoms with Crippen LogP contribution in [0.3, 0.4) is 0 Å². The molecular formula is C17H29N5O3S. The summed E-state index contributed by atoms with van der Waals surface area (Å²) in [6, 6.07) is 1.85. The molecule has 146 valence electrons. The fourth-order valence-electron chi connectivity index (χ4n) is 3.18. The second-order valence-corrected chi connectivity index (χ2v) is 9.58. The van der Waals surface area contributed by atoms with E-state index in [2.05, 4.69) is 4.90 Å². The number of hydrogen-bond acceptors (Lipinski definition) is 7. The van der Waals surface area contributed by atoms with Gasteiger partial charge < -0.3 is 19.6 Å². The zero-order valence-corrected chi connectivity index (χ0v) is 16.7. The summed E-state index contributed by atoms with van der Waals surface area (Å²) in [5, 5.41) is 9.52. The molecule has 9 heteroatoms. The van der Waals surface area contributed by atoms with Gasteiger partial charge in [0.1, 0.15) is 11.6 Å². The topological polar surface area (TPSA) is 88.0 Å². The molecule has 8 nitrogen and oxygen atoms in total. The molecule has 0 aliphatic carbocycles. The molecule has 1 amide bonds. The average Bonchev–Trinajstić information content (AvgIpc) is 2.95. The normalized spacial score (nSPS) is 23.9. The summed E-state index contributed by atoms with van der Waals surface area (Å²) in [5.74, 6) is -0.0207. The molecule has 26 heavy (non-hydrogen) atoms. The Bertz CT molecular complexity index is 675. The molecule has 0 spiro atoms. The van der Waals surface area contributed by atoms with Crippen molar-refractivity contribution in [2.75, 3.05) is 71.9 Å². The summed E-state index contributed by atoms with van der Waals surface area (Å²) in [5.41, 5.74) is 0.0811. The van der Waals surface area contributed by atoms with Crippen LogP contribution in [0, 0.1) is 11.3 Å². The van der Waals surface area contributed by atoms with Crippen LogP contribution in [0.2, 0.25) is 0 Å². The van der Waals surface area contributed by atoms with Gasteiger partial charge in [-0.1, -0.05) is 0 Å². The molecule has 0 bridgehead atoms. The highest BCUT2D eigenvalue weighted by molar-refractivity contribution is 7.91. The third-order valence-corrected chi connectivity index (χ3v) is 6.67. The highest BCUT2D eigenvalue weighted by atomic mass is 32.2. The quantitative estimate of drug-likeness (QED) is 0.439. The van der Waals surface area contributed by atoms with Crippen LogP contribution in [0.4, 0.5) is 0 Å². The number of carbonyl (C=O) groups excluding carboxylic acids is 1. The number of nitriles is 1.